The molecular weight excluding hydrogens is 350 g/mol. The number of likely N-dealkylation sites (tertiary alicyclic amines) is 1. The molecule has 26 heavy (non-hydrogen) atoms. The molecule has 1 fully saturated rings. The zero-order valence-corrected chi connectivity index (χ0v) is 14.0. The van der Waals surface area contributed by atoms with Crippen molar-refractivity contribution in [1.82, 2.24) is 14.5 Å². The second-order valence-electron chi connectivity index (χ2n) is 6.56. The summed E-state index contributed by atoms with van der Waals surface area (Å²) in [4.78, 5) is 17.6. The topological polar surface area (TPSA) is 38.1 Å². The highest BCUT2D eigenvalue weighted by Gasteiger charge is 2.21. The maximum Gasteiger partial charge on any atom is 0.280 e. The van der Waals surface area contributed by atoms with Crippen molar-refractivity contribution in [3.63, 3.8) is 0 Å². The van der Waals surface area contributed by atoms with Crippen molar-refractivity contribution >= 4 is 0 Å². The lowest BCUT2D eigenvalue weighted by molar-refractivity contribution is 0.144. The molecule has 0 unspecified atom stereocenters. The monoisotopic (exact) mass is 369 g/mol. The molecule has 2 aromatic rings. The van der Waals surface area contributed by atoms with E-state index in [4.69, 9.17) is 0 Å². The van der Waals surface area contributed by atoms with Crippen LogP contribution in [0.5, 0.6) is 0 Å². The van der Waals surface area contributed by atoms with Gasteiger partial charge in [0.05, 0.1) is 6.33 Å². The molecule has 0 radical (unpaired) electrons. The van der Waals surface area contributed by atoms with E-state index in [2.05, 4.69) is 4.98 Å². The molecule has 1 aliphatic heterocycles. The van der Waals surface area contributed by atoms with E-state index in [1.807, 2.05) is 4.90 Å². The number of hydrogen-bond acceptors (Lipinski definition) is 3. The maximum absolute atomic E-state index is 13.7. The third-order valence-electron chi connectivity index (χ3n) is 4.69. The molecule has 4 nitrogen and oxygen atoms in total. The number of halogens is 4. The van der Waals surface area contributed by atoms with Crippen LogP contribution in [0.2, 0.25) is 0 Å². The smallest absolute Gasteiger partial charge is 0.280 e. The van der Waals surface area contributed by atoms with Crippen molar-refractivity contribution in [2.24, 2.45) is 5.92 Å². The first-order valence-electron chi connectivity index (χ1n) is 8.43. The Morgan fingerprint density at radius 2 is 1.88 bits per heavy atom. The van der Waals surface area contributed by atoms with Crippen LogP contribution in [-0.4, -0.2) is 27.5 Å². The molecule has 1 aromatic heterocycles. The summed E-state index contributed by atoms with van der Waals surface area (Å²) in [6, 6.07) is 4.29. The van der Waals surface area contributed by atoms with E-state index in [9.17, 15) is 22.4 Å². The molecule has 3 rings (SSSR count). The highest BCUT2D eigenvalue weighted by atomic mass is 19.3. The van der Waals surface area contributed by atoms with Gasteiger partial charge in [0, 0.05) is 24.7 Å². The Hall–Kier alpha value is -2.22. The average molecular weight is 369 g/mol. The highest BCUT2D eigenvalue weighted by molar-refractivity contribution is 5.18. The Labute approximate surface area is 148 Å². The van der Waals surface area contributed by atoms with E-state index in [1.54, 1.807) is 0 Å². The third kappa shape index (κ3) is 4.49. The van der Waals surface area contributed by atoms with Gasteiger partial charge in [-0.25, -0.2) is 22.5 Å². The minimum atomic E-state index is -2.76. The van der Waals surface area contributed by atoms with Crippen LogP contribution in [-0.2, 0) is 13.1 Å². The van der Waals surface area contributed by atoms with Crippen molar-refractivity contribution in [1.29, 1.82) is 0 Å². The van der Waals surface area contributed by atoms with Crippen molar-refractivity contribution in [3.05, 3.63) is 63.8 Å². The van der Waals surface area contributed by atoms with Crippen LogP contribution in [0, 0.1) is 17.6 Å². The van der Waals surface area contributed by atoms with Crippen molar-refractivity contribution < 1.29 is 17.6 Å². The molecule has 0 aliphatic carbocycles. The minimum Gasteiger partial charge on any atom is -0.299 e. The lowest BCUT2D eigenvalue weighted by Gasteiger charge is -2.32. The van der Waals surface area contributed by atoms with Gasteiger partial charge in [-0.2, -0.15) is 0 Å². The molecule has 0 saturated carbocycles. The summed E-state index contributed by atoms with van der Waals surface area (Å²) >= 11 is 0. The zero-order valence-electron chi connectivity index (χ0n) is 14.0. The summed E-state index contributed by atoms with van der Waals surface area (Å²) in [6.07, 6.45) is -0.0399. The van der Waals surface area contributed by atoms with Gasteiger partial charge in [0.15, 0.2) is 0 Å². The SMILES string of the molecule is O=c1cc(C(F)F)ncn1CC1CCN(Cc2cc(F)ccc2F)CC1. The molecule has 1 aliphatic rings. The largest absolute Gasteiger partial charge is 0.299 e. The maximum atomic E-state index is 13.7. The number of benzene rings is 1. The first-order chi connectivity index (χ1) is 12.4. The summed E-state index contributed by atoms with van der Waals surface area (Å²) in [5.74, 6) is -0.679. The Kier molecular flexibility index (Phi) is 5.70. The van der Waals surface area contributed by atoms with E-state index in [-0.39, 0.29) is 5.92 Å². The van der Waals surface area contributed by atoms with Crippen LogP contribution in [0.25, 0.3) is 0 Å². The summed E-state index contributed by atoms with van der Waals surface area (Å²) in [5.41, 5.74) is -0.677. The minimum absolute atomic E-state index is 0.209. The van der Waals surface area contributed by atoms with Gasteiger partial charge < -0.3 is 0 Å². The van der Waals surface area contributed by atoms with Gasteiger partial charge in [0.25, 0.3) is 12.0 Å². The molecule has 140 valence electrons. The Morgan fingerprint density at radius 1 is 1.15 bits per heavy atom. The van der Waals surface area contributed by atoms with E-state index in [0.717, 1.165) is 31.0 Å². The van der Waals surface area contributed by atoms with E-state index in [1.165, 1.54) is 17.0 Å². The van der Waals surface area contributed by atoms with Gasteiger partial charge in [-0.15, -0.1) is 0 Å². The predicted octanol–water partition coefficient (Wildman–Crippen LogP) is 3.37. The Bertz CT molecular complexity index is 816. The molecule has 0 atom stereocenters. The predicted molar refractivity (Wildman–Crippen MR) is 87.8 cm³/mol. The van der Waals surface area contributed by atoms with E-state index >= 15 is 0 Å². The second-order valence-corrected chi connectivity index (χ2v) is 6.56. The fourth-order valence-electron chi connectivity index (χ4n) is 3.21. The molecule has 1 saturated heterocycles. The standard InChI is InChI=1S/C18H19F4N3O/c19-14-1-2-15(20)13(7-14)10-24-5-3-12(4-6-24)9-25-11-23-16(18(21)22)8-17(25)26/h1-2,7-8,11-12,18H,3-6,9-10H2. The molecule has 1 aromatic carbocycles. The molecule has 0 amide bonds. The summed E-state index contributed by atoms with van der Waals surface area (Å²) < 4.78 is 53.4. The lowest BCUT2D eigenvalue weighted by atomic mass is 9.96. The molecule has 0 spiro atoms. The molecule has 8 heteroatoms. The average Bonchev–Trinajstić information content (AvgIpc) is 2.61. The normalized spacial score (nSPS) is 16.3. The van der Waals surface area contributed by atoms with Gasteiger partial charge >= 0.3 is 0 Å². The highest BCUT2D eigenvalue weighted by Crippen LogP contribution is 2.22. The van der Waals surface area contributed by atoms with Crippen LogP contribution >= 0.6 is 0 Å². The van der Waals surface area contributed by atoms with Crippen molar-refractivity contribution in [2.75, 3.05) is 13.1 Å². The van der Waals surface area contributed by atoms with E-state index in [0.29, 0.717) is 31.7 Å². The number of rotatable bonds is 5. The van der Waals surface area contributed by atoms with Gasteiger partial charge in [0.1, 0.15) is 17.3 Å². The molecule has 2 heterocycles. The zero-order chi connectivity index (χ0) is 18.7. The van der Waals surface area contributed by atoms with Gasteiger partial charge in [0.2, 0.25) is 0 Å². The summed E-state index contributed by atoms with van der Waals surface area (Å²) in [5, 5.41) is 0. The quantitative estimate of drug-likeness (QED) is 0.759. The van der Waals surface area contributed by atoms with E-state index < -0.39 is 29.3 Å². The van der Waals surface area contributed by atoms with Crippen LogP contribution < -0.4 is 5.56 Å². The number of piperidine rings is 1. The first kappa shape index (κ1) is 18.6. The van der Waals surface area contributed by atoms with Crippen LogP contribution in [0.1, 0.15) is 30.5 Å². The molecule has 0 N–H and O–H groups in total. The van der Waals surface area contributed by atoms with Gasteiger partial charge in [-0.1, -0.05) is 0 Å². The third-order valence-corrected chi connectivity index (χ3v) is 4.69. The molecule has 0 bridgehead atoms. The van der Waals surface area contributed by atoms with Crippen molar-refractivity contribution in [3.8, 4) is 0 Å². The van der Waals surface area contributed by atoms with Crippen LogP contribution in [0.3, 0.4) is 0 Å². The second kappa shape index (κ2) is 7.99. The number of aromatic nitrogens is 2. The summed E-state index contributed by atoms with van der Waals surface area (Å²) in [7, 11) is 0. The summed E-state index contributed by atoms with van der Waals surface area (Å²) in [6.45, 7) is 2.13. The number of hydrogen-bond donors (Lipinski definition) is 0. The fraction of sp³-hybridized carbons (Fsp3) is 0.444. The van der Waals surface area contributed by atoms with Gasteiger partial charge in [-0.3, -0.25) is 14.3 Å². The fourth-order valence-corrected chi connectivity index (χ4v) is 3.21. The first-order valence-corrected chi connectivity index (χ1v) is 8.43. The van der Waals surface area contributed by atoms with Crippen LogP contribution in [0.15, 0.2) is 35.4 Å². The number of nitrogens with zero attached hydrogens (tertiary/aromatic N) is 3. The Morgan fingerprint density at radius 3 is 2.54 bits per heavy atom. The van der Waals surface area contributed by atoms with Crippen LogP contribution in [0.4, 0.5) is 17.6 Å². The Balaban J connectivity index is 1.55. The lowest BCUT2D eigenvalue weighted by Crippen LogP contribution is -2.36. The molecular formula is C18H19F4N3O. The van der Waals surface area contributed by atoms with Gasteiger partial charge in [-0.05, 0) is 50.0 Å². The van der Waals surface area contributed by atoms with Crippen molar-refractivity contribution in [2.45, 2.75) is 32.4 Å². The number of alkyl halides is 2.